The standard InChI is InChI=1S/C24H22Cl2N4O3/c1-3-8-18-19(23(32)30(27-18)15-9-10-16(25)17(26)14-15)20-21(28-12-6-5-7-13-28)24(33)29(11-4-2)22(20)31/h5-7,9-10,12-14H,3-4,8,11H2,1-2H3/p+1. The van der Waals surface area contributed by atoms with Crippen LogP contribution in [0, 0.1) is 0 Å². The van der Waals surface area contributed by atoms with Gasteiger partial charge in [-0.25, -0.2) is 4.68 Å². The smallest absolute Gasteiger partial charge is 0.294 e. The topological polar surface area (TPSA) is 79.1 Å². The number of amides is 2. The van der Waals surface area contributed by atoms with E-state index in [0.717, 1.165) is 6.42 Å². The molecule has 170 valence electrons. The summed E-state index contributed by atoms with van der Waals surface area (Å²) in [5, 5.41) is 3.79. The number of carbonyl (C=O) groups excluding carboxylic acids is 2. The lowest BCUT2D eigenvalue weighted by atomic mass is 10.0. The minimum Gasteiger partial charge on any atom is -0.294 e. The van der Waals surface area contributed by atoms with Crippen molar-refractivity contribution >= 4 is 46.3 Å². The van der Waals surface area contributed by atoms with Crippen LogP contribution in [0.4, 0.5) is 0 Å². The highest BCUT2D eigenvalue weighted by Gasteiger charge is 2.46. The van der Waals surface area contributed by atoms with Crippen molar-refractivity contribution in [2.45, 2.75) is 33.1 Å². The molecule has 0 atom stereocenters. The molecule has 0 aliphatic carbocycles. The van der Waals surface area contributed by atoms with E-state index in [0.29, 0.717) is 34.3 Å². The van der Waals surface area contributed by atoms with Gasteiger partial charge in [-0.1, -0.05) is 49.5 Å². The second-order valence-electron chi connectivity index (χ2n) is 7.72. The number of hydrogen-bond acceptors (Lipinski definition) is 3. The van der Waals surface area contributed by atoms with Crippen LogP contribution >= 0.6 is 23.2 Å². The number of nitrogens with one attached hydrogen (secondary N) is 1. The first-order valence-electron chi connectivity index (χ1n) is 10.8. The van der Waals surface area contributed by atoms with Crippen LogP contribution in [0.3, 0.4) is 0 Å². The Hall–Kier alpha value is -3.16. The molecule has 0 fully saturated rings. The monoisotopic (exact) mass is 485 g/mol. The SMILES string of the molecule is CCCc1[nH]n(-c2ccc(Cl)c(Cl)c2)c(=O)c1C1=C([n+]2ccccc2)C(=O)N(CCC)C1=O. The summed E-state index contributed by atoms with van der Waals surface area (Å²) in [5.41, 5.74) is 1.11. The molecule has 1 aromatic carbocycles. The highest BCUT2D eigenvalue weighted by molar-refractivity contribution is 6.44. The highest BCUT2D eigenvalue weighted by atomic mass is 35.5. The summed E-state index contributed by atoms with van der Waals surface area (Å²) in [6, 6.07) is 10.2. The van der Waals surface area contributed by atoms with Crippen LogP contribution in [-0.4, -0.2) is 33.0 Å². The Labute approximate surface area is 200 Å². The van der Waals surface area contributed by atoms with Crippen LogP contribution in [0.25, 0.3) is 17.0 Å². The van der Waals surface area contributed by atoms with Gasteiger partial charge in [-0.3, -0.25) is 24.4 Å². The lowest BCUT2D eigenvalue weighted by molar-refractivity contribution is -0.576. The second kappa shape index (κ2) is 9.37. The Morgan fingerprint density at radius 2 is 1.67 bits per heavy atom. The molecular weight excluding hydrogens is 463 g/mol. The number of H-pyrrole nitrogens is 1. The van der Waals surface area contributed by atoms with Gasteiger partial charge in [-0.05, 0) is 31.0 Å². The predicted octanol–water partition coefficient (Wildman–Crippen LogP) is 3.86. The Morgan fingerprint density at radius 3 is 2.30 bits per heavy atom. The molecule has 3 heterocycles. The molecule has 4 rings (SSSR count). The van der Waals surface area contributed by atoms with Crippen molar-refractivity contribution in [3.63, 3.8) is 0 Å². The van der Waals surface area contributed by atoms with Crippen molar-refractivity contribution in [1.82, 2.24) is 14.7 Å². The Kier molecular flexibility index (Phi) is 6.54. The first kappa shape index (κ1) is 23.0. The molecule has 0 saturated heterocycles. The van der Waals surface area contributed by atoms with E-state index in [1.807, 2.05) is 19.9 Å². The van der Waals surface area contributed by atoms with Crippen molar-refractivity contribution in [3.8, 4) is 5.69 Å². The summed E-state index contributed by atoms with van der Waals surface area (Å²) in [5.74, 6) is -0.889. The van der Waals surface area contributed by atoms with E-state index in [1.165, 1.54) is 9.58 Å². The molecule has 1 N–H and O–H groups in total. The first-order chi connectivity index (χ1) is 15.9. The number of aromatic nitrogens is 3. The molecule has 7 nitrogen and oxygen atoms in total. The molecule has 0 spiro atoms. The molecule has 33 heavy (non-hydrogen) atoms. The number of imide groups is 1. The van der Waals surface area contributed by atoms with Crippen molar-refractivity contribution in [3.05, 3.63) is 80.4 Å². The minimum atomic E-state index is -0.469. The molecule has 1 aliphatic rings. The molecule has 1 aliphatic heterocycles. The fourth-order valence-electron chi connectivity index (χ4n) is 3.98. The Bertz CT molecular complexity index is 1330. The van der Waals surface area contributed by atoms with E-state index in [4.69, 9.17) is 23.2 Å². The van der Waals surface area contributed by atoms with Gasteiger partial charge in [0, 0.05) is 24.4 Å². The minimum absolute atomic E-state index is 0.105. The van der Waals surface area contributed by atoms with E-state index in [-0.39, 0.29) is 23.4 Å². The molecule has 0 saturated carbocycles. The number of aromatic amines is 1. The zero-order valence-electron chi connectivity index (χ0n) is 18.3. The number of nitrogens with zero attached hydrogens (tertiary/aromatic N) is 3. The van der Waals surface area contributed by atoms with Crippen molar-refractivity contribution in [2.75, 3.05) is 6.54 Å². The van der Waals surface area contributed by atoms with Gasteiger partial charge in [0.15, 0.2) is 12.4 Å². The number of halogens is 2. The van der Waals surface area contributed by atoms with E-state index in [2.05, 4.69) is 5.10 Å². The fourth-order valence-corrected chi connectivity index (χ4v) is 4.27. The van der Waals surface area contributed by atoms with E-state index < -0.39 is 17.4 Å². The largest absolute Gasteiger partial charge is 0.326 e. The number of benzene rings is 1. The number of hydrogen-bond donors (Lipinski definition) is 1. The van der Waals surface area contributed by atoms with Gasteiger partial charge in [0.25, 0.3) is 17.2 Å². The summed E-state index contributed by atoms with van der Waals surface area (Å²) in [4.78, 5) is 41.7. The van der Waals surface area contributed by atoms with Gasteiger partial charge in [0.05, 0.1) is 21.3 Å². The maximum absolute atomic E-state index is 13.7. The van der Waals surface area contributed by atoms with Gasteiger partial charge in [-0.2, -0.15) is 4.57 Å². The number of pyridine rings is 1. The van der Waals surface area contributed by atoms with Crippen LogP contribution in [-0.2, 0) is 16.0 Å². The fraction of sp³-hybridized carbons (Fsp3) is 0.250. The van der Waals surface area contributed by atoms with Gasteiger partial charge in [-0.15, -0.1) is 0 Å². The average molecular weight is 486 g/mol. The van der Waals surface area contributed by atoms with Crippen LogP contribution in [0.1, 0.15) is 37.9 Å². The molecule has 2 amide bonds. The van der Waals surface area contributed by atoms with Crippen molar-refractivity contribution in [1.29, 1.82) is 0 Å². The van der Waals surface area contributed by atoms with Crippen molar-refractivity contribution in [2.24, 2.45) is 0 Å². The third-order valence-electron chi connectivity index (χ3n) is 5.44. The Balaban J connectivity index is 2.00. The van der Waals surface area contributed by atoms with E-state index >= 15 is 0 Å². The third-order valence-corrected chi connectivity index (χ3v) is 6.18. The zero-order chi connectivity index (χ0) is 23.7. The molecule has 3 aromatic rings. The maximum atomic E-state index is 13.7. The summed E-state index contributed by atoms with van der Waals surface area (Å²) in [6.45, 7) is 4.14. The normalized spacial score (nSPS) is 14.0. The maximum Gasteiger partial charge on any atom is 0.326 e. The molecule has 0 bridgehead atoms. The number of rotatable bonds is 7. The molecule has 0 unspecified atom stereocenters. The molecule has 0 radical (unpaired) electrons. The predicted molar refractivity (Wildman–Crippen MR) is 127 cm³/mol. The third kappa shape index (κ3) is 4.03. The van der Waals surface area contributed by atoms with Crippen LogP contribution in [0.15, 0.2) is 53.6 Å². The summed E-state index contributed by atoms with van der Waals surface area (Å²) in [6.07, 6.45) is 5.25. The van der Waals surface area contributed by atoms with Crippen LogP contribution in [0.5, 0.6) is 0 Å². The average Bonchev–Trinajstić information content (AvgIpc) is 3.24. The molecular formula is C24H23Cl2N4O3+. The van der Waals surface area contributed by atoms with Gasteiger partial charge < -0.3 is 0 Å². The number of carbonyl (C=O) groups is 2. The van der Waals surface area contributed by atoms with Gasteiger partial charge >= 0.3 is 5.91 Å². The quantitative estimate of drug-likeness (QED) is 0.407. The van der Waals surface area contributed by atoms with Gasteiger partial charge in [0.2, 0.25) is 0 Å². The van der Waals surface area contributed by atoms with Crippen LogP contribution < -0.4 is 10.1 Å². The lowest BCUT2D eigenvalue weighted by Gasteiger charge is -2.11. The van der Waals surface area contributed by atoms with E-state index in [9.17, 15) is 14.4 Å². The zero-order valence-corrected chi connectivity index (χ0v) is 19.8. The second-order valence-corrected chi connectivity index (χ2v) is 8.54. The van der Waals surface area contributed by atoms with E-state index in [1.54, 1.807) is 47.3 Å². The summed E-state index contributed by atoms with van der Waals surface area (Å²) in [7, 11) is 0. The van der Waals surface area contributed by atoms with Crippen LogP contribution in [0.2, 0.25) is 10.0 Å². The molecule has 2 aromatic heterocycles. The summed E-state index contributed by atoms with van der Waals surface area (Å²) >= 11 is 12.2. The number of aryl methyl sites for hydroxylation is 1. The highest BCUT2D eigenvalue weighted by Crippen LogP contribution is 2.31. The lowest BCUT2D eigenvalue weighted by Crippen LogP contribution is -2.39. The first-order valence-corrected chi connectivity index (χ1v) is 11.5. The summed E-state index contributed by atoms with van der Waals surface area (Å²) < 4.78 is 2.93. The van der Waals surface area contributed by atoms with Gasteiger partial charge in [0.1, 0.15) is 5.57 Å². The Morgan fingerprint density at radius 1 is 0.939 bits per heavy atom. The van der Waals surface area contributed by atoms with Crippen molar-refractivity contribution < 1.29 is 14.2 Å². The molecule has 9 heteroatoms.